The molecule has 0 bridgehead atoms. The molecule has 21 heavy (non-hydrogen) atoms. The lowest BCUT2D eigenvalue weighted by atomic mass is 10.1. The summed E-state index contributed by atoms with van der Waals surface area (Å²) in [5.41, 5.74) is 2.40. The van der Waals surface area contributed by atoms with Crippen LogP contribution in [0.5, 0.6) is 5.75 Å². The van der Waals surface area contributed by atoms with Crippen LogP contribution in [0.1, 0.15) is 29.8 Å². The minimum absolute atomic E-state index is 0.119. The monoisotopic (exact) mass is 284 g/mol. The summed E-state index contributed by atoms with van der Waals surface area (Å²) < 4.78 is 0. The second kappa shape index (κ2) is 6.79. The van der Waals surface area contributed by atoms with E-state index in [1.54, 1.807) is 30.3 Å². The van der Waals surface area contributed by atoms with E-state index in [4.69, 9.17) is 0 Å². The van der Waals surface area contributed by atoms with Gasteiger partial charge >= 0.3 is 0 Å². The van der Waals surface area contributed by atoms with Crippen LogP contribution >= 0.6 is 0 Å². The second-order valence-electron chi connectivity index (χ2n) is 5.19. The van der Waals surface area contributed by atoms with E-state index in [1.807, 2.05) is 32.0 Å². The standard InChI is InChI=1S/C17H20N2O2/c1-12(2)19-16-6-4-3-5-15(16)17(21)18-11-13-7-9-14(20)10-8-13/h3-10,12,19-20H,11H2,1-2H3,(H,18,21). The topological polar surface area (TPSA) is 61.4 Å². The van der Waals surface area contributed by atoms with Crippen molar-refractivity contribution >= 4 is 11.6 Å². The highest BCUT2D eigenvalue weighted by Crippen LogP contribution is 2.16. The highest BCUT2D eigenvalue weighted by molar-refractivity contribution is 5.99. The van der Waals surface area contributed by atoms with Gasteiger partial charge in [0.1, 0.15) is 5.75 Å². The Morgan fingerprint density at radius 1 is 1.10 bits per heavy atom. The number of hydrogen-bond acceptors (Lipinski definition) is 3. The van der Waals surface area contributed by atoms with Crippen LogP contribution in [0.15, 0.2) is 48.5 Å². The third kappa shape index (κ3) is 4.24. The summed E-state index contributed by atoms with van der Waals surface area (Å²) in [6.07, 6.45) is 0. The number of anilines is 1. The summed E-state index contributed by atoms with van der Waals surface area (Å²) in [6.45, 7) is 4.49. The van der Waals surface area contributed by atoms with Crippen molar-refractivity contribution in [2.75, 3.05) is 5.32 Å². The zero-order chi connectivity index (χ0) is 15.2. The predicted octanol–water partition coefficient (Wildman–Crippen LogP) is 3.14. The highest BCUT2D eigenvalue weighted by Gasteiger charge is 2.11. The van der Waals surface area contributed by atoms with Gasteiger partial charge in [0.25, 0.3) is 5.91 Å². The first-order valence-corrected chi connectivity index (χ1v) is 6.98. The van der Waals surface area contributed by atoms with Crippen LogP contribution in [-0.4, -0.2) is 17.1 Å². The second-order valence-corrected chi connectivity index (χ2v) is 5.19. The molecule has 1 amide bonds. The van der Waals surface area contributed by atoms with E-state index in [2.05, 4.69) is 10.6 Å². The van der Waals surface area contributed by atoms with Gasteiger partial charge in [-0.05, 0) is 43.7 Å². The molecule has 0 aliphatic carbocycles. The molecule has 0 aliphatic heterocycles. The molecule has 0 fully saturated rings. The van der Waals surface area contributed by atoms with E-state index in [-0.39, 0.29) is 17.7 Å². The number of phenolic OH excluding ortho intramolecular Hbond substituents is 1. The average molecular weight is 284 g/mol. The first-order valence-electron chi connectivity index (χ1n) is 6.98. The number of carbonyl (C=O) groups excluding carboxylic acids is 1. The van der Waals surface area contributed by atoms with Gasteiger partial charge in [-0.15, -0.1) is 0 Å². The van der Waals surface area contributed by atoms with Crippen molar-refractivity contribution in [3.8, 4) is 5.75 Å². The lowest BCUT2D eigenvalue weighted by Crippen LogP contribution is -2.24. The molecule has 4 nitrogen and oxygen atoms in total. The molecular formula is C17H20N2O2. The largest absolute Gasteiger partial charge is 0.508 e. The number of phenols is 1. The van der Waals surface area contributed by atoms with Crippen LogP contribution in [0.25, 0.3) is 0 Å². The fourth-order valence-corrected chi connectivity index (χ4v) is 2.01. The molecule has 0 heterocycles. The third-order valence-corrected chi connectivity index (χ3v) is 3.01. The Morgan fingerprint density at radius 2 is 1.76 bits per heavy atom. The summed E-state index contributed by atoms with van der Waals surface area (Å²) in [5.74, 6) is 0.100. The number of carbonyl (C=O) groups is 1. The number of aromatic hydroxyl groups is 1. The quantitative estimate of drug-likeness (QED) is 0.790. The third-order valence-electron chi connectivity index (χ3n) is 3.01. The maximum absolute atomic E-state index is 12.3. The first kappa shape index (κ1) is 14.9. The molecule has 3 N–H and O–H groups in total. The molecule has 110 valence electrons. The Balaban J connectivity index is 2.05. The van der Waals surface area contributed by atoms with Gasteiger partial charge in [0.2, 0.25) is 0 Å². The Hall–Kier alpha value is -2.49. The summed E-state index contributed by atoms with van der Waals surface area (Å²) in [5, 5.41) is 15.4. The summed E-state index contributed by atoms with van der Waals surface area (Å²) in [7, 11) is 0. The average Bonchev–Trinajstić information content (AvgIpc) is 2.46. The number of amides is 1. The molecule has 2 aromatic carbocycles. The van der Waals surface area contributed by atoms with Gasteiger partial charge < -0.3 is 15.7 Å². The number of nitrogens with one attached hydrogen (secondary N) is 2. The summed E-state index contributed by atoms with van der Waals surface area (Å²) >= 11 is 0. The van der Waals surface area contributed by atoms with E-state index >= 15 is 0 Å². The number of hydrogen-bond donors (Lipinski definition) is 3. The minimum atomic E-state index is -0.119. The zero-order valence-corrected chi connectivity index (χ0v) is 12.3. The van der Waals surface area contributed by atoms with Crippen molar-refractivity contribution in [3.63, 3.8) is 0 Å². The van der Waals surface area contributed by atoms with Crippen molar-refractivity contribution in [2.45, 2.75) is 26.4 Å². The lowest BCUT2D eigenvalue weighted by Gasteiger charge is -2.14. The van der Waals surface area contributed by atoms with Crippen molar-refractivity contribution in [2.24, 2.45) is 0 Å². The van der Waals surface area contributed by atoms with E-state index in [9.17, 15) is 9.90 Å². The number of para-hydroxylation sites is 1. The van der Waals surface area contributed by atoms with Crippen molar-refractivity contribution in [3.05, 3.63) is 59.7 Å². The lowest BCUT2D eigenvalue weighted by molar-refractivity contribution is 0.0951. The van der Waals surface area contributed by atoms with E-state index in [0.29, 0.717) is 12.1 Å². The van der Waals surface area contributed by atoms with Crippen LogP contribution in [0, 0.1) is 0 Å². The SMILES string of the molecule is CC(C)Nc1ccccc1C(=O)NCc1ccc(O)cc1. The van der Waals surface area contributed by atoms with Gasteiger partial charge in [-0.25, -0.2) is 0 Å². The molecule has 2 aromatic rings. The summed E-state index contributed by atoms with van der Waals surface area (Å²) in [4.78, 5) is 12.3. The molecule has 0 aromatic heterocycles. The normalized spacial score (nSPS) is 10.4. The van der Waals surface area contributed by atoms with Gasteiger partial charge in [-0.3, -0.25) is 4.79 Å². The number of benzene rings is 2. The Bertz CT molecular complexity index is 606. The van der Waals surface area contributed by atoms with Gasteiger partial charge in [0.15, 0.2) is 0 Å². The zero-order valence-electron chi connectivity index (χ0n) is 12.3. The van der Waals surface area contributed by atoms with Gasteiger partial charge in [-0.2, -0.15) is 0 Å². The molecule has 0 aliphatic rings. The van der Waals surface area contributed by atoms with Crippen molar-refractivity contribution in [1.29, 1.82) is 0 Å². The van der Waals surface area contributed by atoms with Crippen LogP contribution in [0.3, 0.4) is 0 Å². The molecule has 2 rings (SSSR count). The maximum Gasteiger partial charge on any atom is 0.253 e. The number of rotatable bonds is 5. The van der Waals surface area contributed by atoms with Crippen LogP contribution in [0.4, 0.5) is 5.69 Å². The Kier molecular flexibility index (Phi) is 4.82. The van der Waals surface area contributed by atoms with Crippen molar-refractivity contribution in [1.82, 2.24) is 5.32 Å². The fraction of sp³-hybridized carbons (Fsp3) is 0.235. The fourth-order valence-electron chi connectivity index (χ4n) is 2.01. The minimum Gasteiger partial charge on any atom is -0.508 e. The molecule has 0 unspecified atom stereocenters. The van der Waals surface area contributed by atoms with E-state index in [1.165, 1.54) is 0 Å². The van der Waals surface area contributed by atoms with Crippen molar-refractivity contribution < 1.29 is 9.90 Å². The smallest absolute Gasteiger partial charge is 0.253 e. The van der Waals surface area contributed by atoms with Gasteiger partial charge in [0.05, 0.1) is 5.56 Å². The summed E-state index contributed by atoms with van der Waals surface area (Å²) in [6, 6.07) is 14.5. The molecule has 0 radical (unpaired) electrons. The molecule has 4 heteroatoms. The maximum atomic E-state index is 12.3. The molecular weight excluding hydrogens is 264 g/mol. The first-order chi connectivity index (χ1) is 10.1. The van der Waals surface area contributed by atoms with Gasteiger partial charge in [-0.1, -0.05) is 24.3 Å². The highest BCUT2D eigenvalue weighted by atomic mass is 16.3. The predicted molar refractivity (Wildman–Crippen MR) is 84.5 cm³/mol. The Labute approximate surface area is 124 Å². The van der Waals surface area contributed by atoms with Gasteiger partial charge in [0, 0.05) is 18.3 Å². The van der Waals surface area contributed by atoms with E-state index < -0.39 is 0 Å². The van der Waals surface area contributed by atoms with Crippen LogP contribution in [0.2, 0.25) is 0 Å². The molecule has 0 saturated carbocycles. The molecule has 0 atom stereocenters. The van der Waals surface area contributed by atoms with E-state index in [0.717, 1.165) is 11.3 Å². The molecule has 0 spiro atoms. The molecule has 0 saturated heterocycles. The Morgan fingerprint density at radius 3 is 2.43 bits per heavy atom. The van der Waals surface area contributed by atoms with Crippen LogP contribution in [-0.2, 0) is 6.54 Å². The van der Waals surface area contributed by atoms with Crippen LogP contribution < -0.4 is 10.6 Å².